The number of nitrogens with zero attached hydrogens (tertiary/aromatic N) is 1. The van der Waals surface area contributed by atoms with E-state index in [1.165, 1.54) is 31.4 Å². The molecule has 0 amide bonds. The summed E-state index contributed by atoms with van der Waals surface area (Å²) in [6.45, 7) is 4.23. The van der Waals surface area contributed by atoms with E-state index in [0.29, 0.717) is 6.04 Å². The van der Waals surface area contributed by atoms with Crippen molar-refractivity contribution < 1.29 is 5.11 Å². The molecule has 18 heavy (non-hydrogen) atoms. The zero-order valence-corrected chi connectivity index (χ0v) is 11.4. The monoisotopic (exact) mass is 247 g/mol. The Bertz CT molecular complexity index is 336. The highest BCUT2D eigenvalue weighted by atomic mass is 16.3. The molecule has 2 heteroatoms. The first-order valence-corrected chi connectivity index (χ1v) is 7.22. The average Bonchev–Trinajstić information content (AvgIpc) is 2.38. The van der Waals surface area contributed by atoms with Gasteiger partial charge in [0.15, 0.2) is 0 Å². The van der Waals surface area contributed by atoms with Crippen LogP contribution in [0.5, 0.6) is 0 Å². The van der Waals surface area contributed by atoms with E-state index in [1.54, 1.807) is 0 Å². The minimum atomic E-state index is -0.174. The van der Waals surface area contributed by atoms with E-state index in [1.807, 2.05) is 6.92 Å². The molecule has 0 aliphatic carbocycles. The van der Waals surface area contributed by atoms with Gasteiger partial charge in [0.1, 0.15) is 0 Å². The Morgan fingerprint density at radius 1 is 1.28 bits per heavy atom. The largest absolute Gasteiger partial charge is 0.393 e. The van der Waals surface area contributed by atoms with Crippen molar-refractivity contribution in [3.05, 3.63) is 35.9 Å². The highest BCUT2D eigenvalue weighted by Crippen LogP contribution is 2.21. The third-order valence-corrected chi connectivity index (χ3v) is 3.89. The number of rotatable bonds is 5. The molecule has 1 N–H and O–H groups in total. The number of aliphatic hydroxyl groups excluding tert-OH is 1. The summed E-state index contributed by atoms with van der Waals surface area (Å²) in [6.07, 6.45) is 5.75. The molecule has 0 spiro atoms. The average molecular weight is 247 g/mol. The number of hydrogen-bond donors (Lipinski definition) is 1. The Morgan fingerprint density at radius 3 is 2.78 bits per heavy atom. The highest BCUT2D eigenvalue weighted by Gasteiger charge is 2.22. The summed E-state index contributed by atoms with van der Waals surface area (Å²) in [7, 11) is 0. The minimum Gasteiger partial charge on any atom is -0.393 e. The maximum Gasteiger partial charge on any atom is 0.0527 e. The van der Waals surface area contributed by atoms with Crippen LogP contribution in [-0.2, 0) is 6.42 Å². The standard InChI is InChI=1S/C16H25NO/c1-14(18)13-16-9-5-6-11-17(16)12-10-15-7-3-2-4-8-15/h2-4,7-8,14,16,18H,5-6,9-13H2,1H3. The number of benzene rings is 1. The van der Waals surface area contributed by atoms with Gasteiger partial charge in [-0.25, -0.2) is 0 Å². The normalized spacial score (nSPS) is 22.9. The highest BCUT2D eigenvalue weighted by molar-refractivity contribution is 5.14. The molecule has 2 nitrogen and oxygen atoms in total. The molecule has 2 rings (SSSR count). The number of piperidine rings is 1. The molecule has 2 unspecified atom stereocenters. The van der Waals surface area contributed by atoms with Crippen molar-refractivity contribution in [2.24, 2.45) is 0 Å². The molecule has 1 aliphatic rings. The van der Waals surface area contributed by atoms with Crippen molar-refractivity contribution in [1.82, 2.24) is 4.90 Å². The second-order valence-electron chi connectivity index (χ2n) is 5.51. The van der Waals surface area contributed by atoms with Gasteiger partial charge in [-0.05, 0) is 44.7 Å². The number of likely N-dealkylation sites (tertiary alicyclic amines) is 1. The molecule has 0 bridgehead atoms. The first-order chi connectivity index (χ1) is 8.75. The second-order valence-corrected chi connectivity index (χ2v) is 5.51. The lowest BCUT2D eigenvalue weighted by Gasteiger charge is -2.36. The Hall–Kier alpha value is -0.860. The second kappa shape index (κ2) is 6.91. The summed E-state index contributed by atoms with van der Waals surface area (Å²) in [4.78, 5) is 2.57. The van der Waals surface area contributed by atoms with Crippen LogP contribution >= 0.6 is 0 Å². The fourth-order valence-electron chi connectivity index (χ4n) is 2.93. The zero-order chi connectivity index (χ0) is 12.8. The van der Waals surface area contributed by atoms with Crippen LogP contribution in [0.25, 0.3) is 0 Å². The molecule has 1 aromatic carbocycles. The lowest BCUT2D eigenvalue weighted by molar-refractivity contribution is 0.0877. The molecule has 0 aromatic heterocycles. The van der Waals surface area contributed by atoms with Gasteiger partial charge in [-0.2, -0.15) is 0 Å². The van der Waals surface area contributed by atoms with Crippen molar-refractivity contribution in [3.8, 4) is 0 Å². The maximum atomic E-state index is 9.58. The molecule has 1 aliphatic heterocycles. The fraction of sp³-hybridized carbons (Fsp3) is 0.625. The number of hydrogen-bond acceptors (Lipinski definition) is 2. The van der Waals surface area contributed by atoms with Crippen LogP contribution in [0, 0.1) is 0 Å². The van der Waals surface area contributed by atoms with Crippen LogP contribution in [0.15, 0.2) is 30.3 Å². The van der Waals surface area contributed by atoms with Gasteiger partial charge >= 0.3 is 0 Å². The Morgan fingerprint density at radius 2 is 2.06 bits per heavy atom. The van der Waals surface area contributed by atoms with Gasteiger partial charge in [0.2, 0.25) is 0 Å². The van der Waals surface area contributed by atoms with Crippen LogP contribution in [0.2, 0.25) is 0 Å². The van der Waals surface area contributed by atoms with Crippen molar-refractivity contribution in [2.75, 3.05) is 13.1 Å². The van der Waals surface area contributed by atoms with E-state index in [4.69, 9.17) is 0 Å². The number of aliphatic hydroxyl groups is 1. The zero-order valence-electron chi connectivity index (χ0n) is 11.4. The van der Waals surface area contributed by atoms with Crippen molar-refractivity contribution in [3.63, 3.8) is 0 Å². The van der Waals surface area contributed by atoms with E-state index < -0.39 is 0 Å². The fourth-order valence-corrected chi connectivity index (χ4v) is 2.93. The third-order valence-electron chi connectivity index (χ3n) is 3.89. The van der Waals surface area contributed by atoms with E-state index in [-0.39, 0.29) is 6.10 Å². The van der Waals surface area contributed by atoms with E-state index in [9.17, 15) is 5.11 Å². The van der Waals surface area contributed by atoms with Gasteiger partial charge in [-0.3, -0.25) is 4.90 Å². The quantitative estimate of drug-likeness (QED) is 0.865. The maximum absolute atomic E-state index is 9.58. The van der Waals surface area contributed by atoms with Crippen LogP contribution in [0.3, 0.4) is 0 Å². The molecular formula is C16H25NO. The van der Waals surface area contributed by atoms with Gasteiger partial charge in [-0.15, -0.1) is 0 Å². The lowest BCUT2D eigenvalue weighted by atomic mass is 9.96. The Kier molecular flexibility index (Phi) is 5.21. The summed E-state index contributed by atoms with van der Waals surface area (Å²) in [5.74, 6) is 0. The first kappa shape index (κ1) is 13.6. The molecule has 0 radical (unpaired) electrons. The molecular weight excluding hydrogens is 222 g/mol. The van der Waals surface area contributed by atoms with Crippen LogP contribution in [0.4, 0.5) is 0 Å². The van der Waals surface area contributed by atoms with Crippen molar-refractivity contribution in [1.29, 1.82) is 0 Å². The Balaban J connectivity index is 1.85. The molecule has 100 valence electrons. The minimum absolute atomic E-state index is 0.174. The summed E-state index contributed by atoms with van der Waals surface area (Å²) >= 11 is 0. The van der Waals surface area contributed by atoms with Crippen LogP contribution in [-0.4, -0.2) is 35.2 Å². The lowest BCUT2D eigenvalue weighted by Crippen LogP contribution is -2.42. The van der Waals surface area contributed by atoms with Crippen molar-refractivity contribution in [2.45, 2.75) is 51.2 Å². The summed E-state index contributed by atoms with van der Waals surface area (Å²) < 4.78 is 0. The van der Waals surface area contributed by atoms with Gasteiger partial charge in [0.25, 0.3) is 0 Å². The predicted octanol–water partition coefficient (Wildman–Crippen LogP) is 2.85. The van der Waals surface area contributed by atoms with Crippen LogP contribution in [0.1, 0.15) is 38.2 Å². The Labute approximate surface area is 111 Å². The van der Waals surface area contributed by atoms with Gasteiger partial charge in [-0.1, -0.05) is 36.8 Å². The van der Waals surface area contributed by atoms with E-state index in [0.717, 1.165) is 19.4 Å². The van der Waals surface area contributed by atoms with Gasteiger partial charge < -0.3 is 5.11 Å². The van der Waals surface area contributed by atoms with E-state index >= 15 is 0 Å². The van der Waals surface area contributed by atoms with Gasteiger partial charge in [0, 0.05) is 12.6 Å². The van der Waals surface area contributed by atoms with E-state index in [2.05, 4.69) is 35.2 Å². The summed E-state index contributed by atoms with van der Waals surface area (Å²) in [6, 6.07) is 11.3. The molecule has 1 saturated heterocycles. The summed E-state index contributed by atoms with van der Waals surface area (Å²) in [5, 5.41) is 9.58. The predicted molar refractivity (Wildman–Crippen MR) is 75.7 cm³/mol. The smallest absolute Gasteiger partial charge is 0.0527 e. The molecule has 1 aromatic rings. The first-order valence-electron chi connectivity index (χ1n) is 7.22. The molecule has 1 heterocycles. The molecule has 0 saturated carbocycles. The van der Waals surface area contributed by atoms with Gasteiger partial charge in [0.05, 0.1) is 6.10 Å². The molecule has 2 atom stereocenters. The third kappa shape index (κ3) is 4.11. The van der Waals surface area contributed by atoms with Crippen molar-refractivity contribution >= 4 is 0 Å². The summed E-state index contributed by atoms with van der Waals surface area (Å²) in [5.41, 5.74) is 1.42. The molecule has 1 fully saturated rings. The SMILES string of the molecule is CC(O)CC1CCCCN1CCc1ccccc1. The topological polar surface area (TPSA) is 23.5 Å². The van der Waals surface area contributed by atoms with Crippen LogP contribution < -0.4 is 0 Å².